The van der Waals surface area contributed by atoms with Crippen molar-refractivity contribution in [1.82, 2.24) is 9.97 Å². The normalized spacial score (nSPS) is 17.0. The van der Waals surface area contributed by atoms with Crippen LogP contribution in [0.5, 0.6) is 0 Å². The Balaban J connectivity index is 2.00. The number of nitrogens with zero attached hydrogens (tertiary/aromatic N) is 2. The molecule has 4 heteroatoms. The second kappa shape index (κ2) is 4.58. The van der Waals surface area contributed by atoms with E-state index < -0.39 is 0 Å². The summed E-state index contributed by atoms with van der Waals surface area (Å²) in [5.41, 5.74) is 4.07. The van der Waals surface area contributed by atoms with Crippen LogP contribution in [0.4, 0.5) is 0 Å². The van der Waals surface area contributed by atoms with E-state index in [9.17, 15) is 0 Å². The van der Waals surface area contributed by atoms with E-state index >= 15 is 0 Å². The molecule has 1 aromatic carbocycles. The van der Waals surface area contributed by atoms with E-state index in [1.54, 1.807) is 6.33 Å². The van der Waals surface area contributed by atoms with Crippen LogP contribution >= 0.6 is 11.6 Å². The topological polar surface area (TPSA) is 35.0 Å². The Morgan fingerprint density at radius 2 is 2.00 bits per heavy atom. The summed E-state index contributed by atoms with van der Waals surface area (Å²) in [6.45, 7) is 5.59. The van der Waals surface area contributed by atoms with Crippen molar-refractivity contribution in [3.8, 4) is 11.3 Å². The second-order valence-corrected chi connectivity index (χ2v) is 5.70. The molecule has 0 bridgehead atoms. The Hall–Kier alpha value is -1.45. The van der Waals surface area contributed by atoms with Gasteiger partial charge in [-0.25, -0.2) is 9.97 Å². The zero-order valence-corrected chi connectivity index (χ0v) is 11.7. The monoisotopic (exact) mass is 274 g/mol. The Bertz CT molecular complexity index is 623. The number of aromatic nitrogens is 2. The predicted molar refractivity (Wildman–Crippen MR) is 75.4 cm³/mol. The molecule has 19 heavy (non-hydrogen) atoms. The Morgan fingerprint density at radius 3 is 2.58 bits per heavy atom. The van der Waals surface area contributed by atoms with Crippen molar-refractivity contribution in [3.05, 3.63) is 46.9 Å². The summed E-state index contributed by atoms with van der Waals surface area (Å²) in [4.78, 5) is 8.39. The Kier molecular flexibility index (Phi) is 3.03. The average molecular weight is 275 g/mol. The van der Waals surface area contributed by atoms with E-state index in [2.05, 4.69) is 29.0 Å². The van der Waals surface area contributed by atoms with E-state index in [4.69, 9.17) is 16.3 Å². The lowest BCUT2D eigenvalue weighted by Crippen LogP contribution is -2.44. The van der Waals surface area contributed by atoms with Gasteiger partial charge in [0.25, 0.3) is 0 Å². The van der Waals surface area contributed by atoms with Gasteiger partial charge in [0.1, 0.15) is 6.33 Å². The number of benzene rings is 1. The van der Waals surface area contributed by atoms with Gasteiger partial charge in [-0.05, 0) is 24.6 Å². The van der Waals surface area contributed by atoms with Crippen LogP contribution in [0.25, 0.3) is 11.3 Å². The minimum Gasteiger partial charge on any atom is -0.379 e. The first-order valence-corrected chi connectivity index (χ1v) is 6.63. The zero-order chi connectivity index (χ0) is 13.5. The molecule has 3 nitrogen and oxygen atoms in total. The number of aryl methyl sites for hydroxylation is 1. The quantitative estimate of drug-likeness (QED) is 0.842. The van der Waals surface area contributed by atoms with Gasteiger partial charge in [-0.2, -0.15) is 0 Å². The number of hydrogen-bond acceptors (Lipinski definition) is 3. The van der Waals surface area contributed by atoms with Crippen LogP contribution in [0.15, 0.2) is 30.6 Å². The summed E-state index contributed by atoms with van der Waals surface area (Å²) in [7, 11) is 0. The van der Waals surface area contributed by atoms with E-state index in [1.807, 2.05) is 19.1 Å². The maximum Gasteiger partial charge on any atom is 0.116 e. The van der Waals surface area contributed by atoms with Crippen molar-refractivity contribution in [3.63, 3.8) is 0 Å². The van der Waals surface area contributed by atoms with Gasteiger partial charge in [0.15, 0.2) is 0 Å². The molecule has 0 spiro atoms. The molecule has 2 heterocycles. The lowest BCUT2D eigenvalue weighted by Gasteiger charge is -2.39. The van der Waals surface area contributed by atoms with Crippen molar-refractivity contribution in [2.75, 3.05) is 13.2 Å². The van der Waals surface area contributed by atoms with Crippen LogP contribution in [0, 0.1) is 6.92 Å². The molecule has 1 saturated heterocycles. The van der Waals surface area contributed by atoms with Crippen molar-refractivity contribution >= 4 is 11.6 Å². The number of hydrogen-bond donors (Lipinski definition) is 0. The Labute approximate surface area is 117 Å². The van der Waals surface area contributed by atoms with Crippen molar-refractivity contribution in [2.45, 2.75) is 19.3 Å². The van der Waals surface area contributed by atoms with Gasteiger partial charge in [-0.3, -0.25) is 0 Å². The van der Waals surface area contributed by atoms with Crippen molar-refractivity contribution in [1.29, 1.82) is 0 Å². The fraction of sp³-hybridized carbons (Fsp3) is 0.333. The van der Waals surface area contributed by atoms with Gasteiger partial charge < -0.3 is 4.74 Å². The molecule has 0 N–H and O–H groups in total. The van der Waals surface area contributed by atoms with Crippen LogP contribution in [-0.2, 0) is 10.2 Å². The SMILES string of the molecule is Cc1cc(-c2ccc(C3(C)COC3)c(Cl)c2)ncn1. The maximum absolute atomic E-state index is 6.42. The highest BCUT2D eigenvalue weighted by atomic mass is 35.5. The van der Waals surface area contributed by atoms with Gasteiger partial charge in [0.2, 0.25) is 0 Å². The predicted octanol–water partition coefficient (Wildman–Crippen LogP) is 3.39. The highest BCUT2D eigenvalue weighted by molar-refractivity contribution is 6.31. The van der Waals surface area contributed by atoms with Crippen LogP contribution in [0.1, 0.15) is 18.2 Å². The van der Waals surface area contributed by atoms with Crippen LogP contribution in [0.2, 0.25) is 5.02 Å². The largest absolute Gasteiger partial charge is 0.379 e. The highest BCUT2D eigenvalue weighted by Crippen LogP contribution is 2.37. The molecular formula is C15H15ClN2O. The summed E-state index contributed by atoms with van der Waals surface area (Å²) in [5, 5.41) is 0.777. The first-order valence-electron chi connectivity index (χ1n) is 6.25. The van der Waals surface area contributed by atoms with Gasteiger partial charge in [0.05, 0.1) is 18.9 Å². The van der Waals surface area contributed by atoms with E-state index in [0.29, 0.717) is 0 Å². The molecule has 2 aromatic rings. The van der Waals surface area contributed by atoms with E-state index in [-0.39, 0.29) is 5.41 Å². The molecule has 0 atom stereocenters. The molecule has 1 aromatic heterocycles. The van der Waals surface area contributed by atoms with Crippen molar-refractivity contribution in [2.24, 2.45) is 0 Å². The van der Waals surface area contributed by atoms with Crippen LogP contribution in [-0.4, -0.2) is 23.2 Å². The summed E-state index contributed by atoms with van der Waals surface area (Å²) in [6, 6.07) is 8.08. The first-order chi connectivity index (χ1) is 9.08. The maximum atomic E-state index is 6.42. The summed E-state index contributed by atoms with van der Waals surface area (Å²) in [6.07, 6.45) is 1.58. The van der Waals surface area contributed by atoms with Crippen LogP contribution < -0.4 is 0 Å². The number of ether oxygens (including phenoxy) is 1. The average Bonchev–Trinajstić information content (AvgIpc) is 2.36. The highest BCUT2D eigenvalue weighted by Gasteiger charge is 2.36. The summed E-state index contributed by atoms with van der Waals surface area (Å²) >= 11 is 6.42. The van der Waals surface area contributed by atoms with Gasteiger partial charge >= 0.3 is 0 Å². The molecule has 3 rings (SSSR count). The van der Waals surface area contributed by atoms with Gasteiger partial charge in [0, 0.05) is 21.7 Å². The first kappa shape index (κ1) is 12.6. The lowest BCUT2D eigenvalue weighted by atomic mass is 9.80. The fourth-order valence-corrected chi connectivity index (χ4v) is 2.75. The lowest BCUT2D eigenvalue weighted by molar-refractivity contribution is -0.0499. The van der Waals surface area contributed by atoms with Crippen LogP contribution in [0.3, 0.4) is 0 Å². The summed E-state index contributed by atoms with van der Waals surface area (Å²) < 4.78 is 5.30. The van der Waals surface area contributed by atoms with Crippen molar-refractivity contribution < 1.29 is 4.74 Å². The molecule has 1 fully saturated rings. The molecule has 1 aliphatic heterocycles. The summed E-state index contributed by atoms with van der Waals surface area (Å²) in [5.74, 6) is 0. The van der Waals surface area contributed by atoms with Gasteiger partial charge in [-0.1, -0.05) is 30.7 Å². The second-order valence-electron chi connectivity index (χ2n) is 5.29. The van der Waals surface area contributed by atoms with E-state index in [0.717, 1.165) is 40.8 Å². The molecular weight excluding hydrogens is 260 g/mol. The molecule has 1 aliphatic rings. The minimum atomic E-state index is 0.0528. The fourth-order valence-electron chi connectivity index (χ4n) is 2.34. The standard InChI is InChI=1S/C15H15ClN2O/c1-10-5-14(18-9-17-10)11-3-4-12(13(16)6-11)15(2)7-19-8-15/h3-6,9H,7-8H2,1-2H3. The smallest absolute Gasteiger partial charge is 0.116 e. The zero-order valence-electron chi connectivity index (χ0n) is 11.0. The third kappa shape index (κ3) is 2.24. The third-order valence-electron chi connectivity index (χ3n) is 3.56. The molecule has 98 valence electrons. The molecule has 0 aliphatic carbocycles. The minimum absolute atomic E-state index is 0.0528. The number of halogens is 1. The number of rotatable bonds is 2. The van der Waals surface area contributed by atoms with E-state index in [1.165, 1.54) is 0 Å². The van der Waals surface area contributed by atoms with Gasteiger partial charge in [-0.15, -0.1) is 0 Å². The Morgan fingerprint density at radius 1 is 1.21 bits per heavy atom. The molecule has 0 saturated carbocycles. The third-order valence-corrected chi connectivity index (χ3v) is 3.87. The molecule has 0 unspecified atom stereocenters. The molecule has 0 radical (unpaired) electrons. The molecule has 0 amide bonds.